The minimum atomic E-state index is -0.210. The van der Waals surface area contributed by atoms with Crippen LogP contribution < -0.4 is 0 Å². The predicted octanol–water partition coefficient (Wildman–Crippen LogP) is 1.71. The van der Waals surface area contributed by atoms with Crippen molar-refractivity contribution in [2.24, 2.45) is 0 Å². The zero-order chi connectivity index (χ0) is 11.8. The summed E-state index contributed by atoms with van der Waals surface area (Å²) in [5, 5.41) is 8.88. The Morgan fingerprint density at radius 2 is 2.25 bits per heavy atom. The van der Waals surface area contributed by atoms with Crippen molar-refractivity contribution in [2.75, 3.05) is 19.8 Å². The largest absolute Gasteiger partial charge is 0.394 e. The van der Waals surface area contributed by atoms with E-state index in [-0.39, 0.29) is 25.1 Å². The lowest BCUT2D eigenvalue weighted by Crippen LogP contribution is -2.21. The molecule has 0 saturated carbocycles. The van der Waals surface area contributed by atoms with Gasteiger partial charge in [-0.15, -0.1) is 0 Å². The van der Waals surface area contributed by atoms with Crippen LogP contribution in [0.4, 0.5) is 0 Å². The molecule has 16 heavy (non-hydrogen) atoms. The number of hydrogen-bond acceptors (Lipinski definition) is 4. The first-order valence-corrected chi connectivity index (χ1v) is 6.25. The summed E-state index contributed by atoms with van der Waals surface area (Å²) in [7, 11) is 0. The molecule has 0 spiro atoms. The van der Waals surface area contributed by atoms with Crippen molar-refractivity contribution in [3.8, 4) is 0 Å². The lowest BCUT2D eigenvalue weighted by molar-refractivity contribution is -0.0959. The summed E-state index contributed by atoms with van der Waals surface area (Å²) in [6, 6.07) is 0. The Hall–Kier alpha value is -0.160. The number of ether oxygens (including phenoxy) is 3. The highest BCUT2D eigenvalue weighted by atomic mass is 16.7. The fourth-order valence-corrected chi connectivity index (χ4v) is 1.70. The Balaban J connectivity index is 2.03. The van der Waals surface area contributed by atoms with Gasteiger partial charge in [-0.3, -0.25) is 0 Å². The first kappa shape index (κ1) is 13.9. The number of aliphatic hydroxyl groups excluding tert-OH is 1. The van der Waals surface area contributed by atoms with E-state index in [4.69, 9.17) is 19.3 Å². The molecule has 0 aromatic carbocycles. The average Bonchev–Trinajstić information content (AvgIpc) is 2.72. The second-order valence-electron chi connectivity index (χ2n) is 4.33. The molecule has 0 amide bonds. The van der Waals surface area contributed by atoms with E-state index >= 15 is 0 Å². The summed E-state index contributed by atoms with van der Waals surface area (Å²) in [6.45, 7) is 5.54. The van der Waals surface area contributed by atoms with Crippen molar-refractivity contribution in [2.45, 2.75) is 58.0 Å². The maximum absolute atomic E-state index is 8.88. The molecule has 1 unspecified atom stereocenters. The molecule has 4 nitrogen and oxygen atoms in total. The Labute approximate surface area is 97.9 Å². The van der Waals surface area contributed by atoms with Crippen LogP contribution in [0.2, 0.25) is 0 Å². The monoisotopic (exact) mass is 232 g/mol. The second-order valence-corrected chi connectivity index (χ2v) is 4.33. The van der Waals surface area contributed by atoms with Crippen LogP contribution in [0.1, 0.15) is 39.5 Å². The van der Waals surface area contributed by atoms with E-state index in [9.17, 15) is 0 Å². The van der Waals surface area contributed by atoms with Crippen molar-refractivity contribution in [1.29, 1.82) is 0 Å². The van der Waals surface area contributed by atoms with Crippen LogP contribution in [-0.4, -0.2) is 43.4 Å². The van der Waals surface area contributed by atoms with E-state index in [0.29, 0.717) is 6.61 Å². The Morgan fingerprint density at radius 1 is 1.44 bits per heavy atom. The van der Waals surface area contributed by atoms with Gasteiger partial charge in [0.15, 0.2) is 6.29 Å². The minimum absolute atomic E-state index is 0.0300. The van der Waals surface area contributed by atoms with Crippen LogP contribution in [0.3, 0.4) is 0 Å². The average molecular weight is 232 g/mol. The summed E-state index contributed by atoms with van der Waals surface area (Å²) in [4.78, 5) is 0. The molecule has 3 atom stereocenters. The zero-order valence-electron chi connectivity index (χ0n) is 10.4. The van der Waals surface area contributed by atoms with E-state index in [1.54, 1.807) is 0 Å². The summed E-state index contributed by atoms with van der Waals surface area (Å²) in [5.41, 5.74) is 0. The maximum atomic E-state index is 8.88. The molecule has 4 heteroatoms. The maximum Gasteiger partial charge on any atom is 0.160 e. The third-order valence-electron chi connectivity index (χ3n) is 2.69. The van der Waals surface area contributed by atoms with Crippen LogP contribution in [0.25, 0.3) is 0 Å². The van der Waals surface area contributed by atoms with Crippen LogP contribution in [-0.2, 0) is 14.2 Å². The van der Waals surface area contributed by atoms with Gasteiger partial charge in [0.05, 0.1) is 19.3 Å². The SMILES string of the molecule is CCCCCOC(C)C[C@H]1OC[C@@H](CO)O1. The van der Waals surface area contributed by atoms with Gasteiger partial charge in [-0.1, -0.05) is 19.8 Å². The van der Waals surface area contributed by atoms with Gasteiger partial charge in [-0.25, -0.2) is 0 Å². The van der Waals surface area contributed by atoms with Gasteiger partial charge in [-0.2, -0.15) is 0 Å². The lowest BCUT2D eigenvalue weighted by Gasteiger charge is -2.16. The normalized spacial score (nSPS) is 27.2. The van der Waals surface area contributed by atoms with Crippen LogP contribution in [0.15, 0.2) is 0 Å². The first-order chi connectivity index (χ1) is 7.76. The molecular formula is C12H24O4. The van der Waals surface area contributed by atoms with Crippen molar-refractivity contribution < 1.29 is 19.3 Å². The van der Waals surface area contributed by atoms with E-state index in [0.717, 1.165) is 19.4 Å². The number of hydrogen-bond donors (Lipinski definition) is 1. The molecule has 1 rings (SSSR count). The Morgan fingerprint density at radius 3 is 2.88 bits per heavy atom. The molecular weight excluding hydrogens is 208 g/mol. The highest BCUT2D eigenvalue weighted by molar-refractivity contribution is 4.66. The molecule has 0 aliphatic carbocycles. The molecule has 1 N–H and O–H groups in total. The van der Waals surface area contributed by atoms with E-state index < -0.39 is 0 Å². The molecule has 0 aromatic rings. The van der Waals surface area contributed by atoms with Crippen molar-refractivity contribution in [3.05, 3.63) is 0 Å². The van der Waals surface area contributed by atoms with Gasteiger partial charge in [-0.05, 0) is 13.3 Å². The quantitative estimate of drug-likeness (QED) is 0.647. The van der Waals surface area contributed by atoms with Crippen molar-refractivity contribution in [1.82, 2.24) is 0 Å². The molecule has 96 valence electrons. The predicted molar refractivity (Wildman–Crippen MR) is 61.3 cm³/mol. The highest BCUT2D eigenvalue weighted by Gasteiger charge is 2.26. The van der Waals surface area contributed by atoms with Gasteiger partial charge >= 0.3 is 0 Å². The zero-order valence-corrected chi connectivity index (χ0v) is 10.4. The fourth-order valence-electron chi connectivity index (χ4n) is 1.70. The minimum Gasteiger partial charge on any atom is -0.394 e. The van der Waals surface area contributed by atoms with Crippen LogP contribution >= 0.6 is 0 Å². The summed E-state index contributed by atoms with van der Waals surface area (Å²) in [6.07, 6.45) is 4.07. The van der Waals surface area contributed by atoms with Crippen LogP contribution in [0.5, 0.6) is 0 Å². The molecule has 0 radical (unpaired) electrons. The van der Waals surface area contributed by atoms with E-state index in [1.807, 2.05) is 6.92 Å². The topological polar surface area (TPSA) is 47.9 Å². The molecule has 0 bridgehead atoms. The van der Waals surface area contributed by atoms with E-state index in [1.165, 1.54) is 12.8 Å². The summed E-state index contributed by atoms with van der Waals surface area (Å²) < 4.78 is 16.5. The summed E-state index contributed by atoms with van der Waals surface area (Å²) in [5.74, 6) is 0. The highest BCUT2D eigenvalue weighted by Crippen LogP contribution is 2.17. The number of rotatable bonds is 8. The van der Waals surface area contributed by atoms with Crippen molar-refractivity contribution >= 4 is 0 Å². The Bertz CT molecular complexity index is 174. The Kier molecular flexibility index (Phi) is 6.96. The first-order valence-electron chi connectivity index (χ1n) is 6.25. The lowest BCUT2D eigenvalue weighted by atomic mass is 10.2. The van der Waals surface area contributed by atoms with Gasteiger partial charge in [0.2, 0.25) is 0 Å². The number of unbranched alkanes of at least 4 members (excludes halogenated alkanes) is 2. The third kappa shape index (κ3) is 5.25. The molecule has 1 heterocycles. The summed E-state index contributed by atoms with van der Waals surface area (Å²) >= 11 is 0. The number of aliphatic hydroxyl groups is 1. The molecule has 1 aliphatic heterocycles. The van der Waals surface area contributed by atoms with Gasteiger partial charge in [0.1, 0.15) is 6.10 Å². The van der Waals surface area contributed by atoms with E-state index in [2.05, 4.69) is 6.92 Å². The van der Waals surface area contributed by atoms with Gasteiger partial charge < -0.3 is 19.3 Å². The van der Waals surface area contributed by atoms with Gasteiger partial charge in [0, 0.05) is 13.0 Å². The standard InChI is InChI=1S/C12H24O4/c1-3-4-5-6-14-10(2)7-12-15-9-11(8-13)16-12/h10-13H,3-9H2,1-2H3/t10?,11-,12+/m1/s1. The smallest absolute Gasteiger partial charge is 0.160 e. The van der Waals surface area contributed by atoms with Crippen LogP contribution in [0, 0.1) is 0 Å². The fraction of sp³-hybridized carbons (Fsp3) is 1.00. The second kappa shape index (κ2) is 8.01. The molecule has 1 saturated heterocycles. The third-order valence-corrected chi connectivity index (χ3v) is 2.69. The van der Waals surface area contributed by atoms with Crippen molar-refractivity contribution in [3.63, 3.8) is 0 Å². The molecule has 1 aliphatic rings. The van der Waals surface area contributed by atoms with Gasteiger partial charge in [0.25, 0.3) is 0 Å². The molecule has 1 fully saturated rings. The molecule has 0 aromatic heterocycles.